The second-order valence-corrected chi connectivity index (χ2v) is 7.48. The molecule has 0 bridgehead atoms. The van der Waals surface area contributed by atoms with Crippen LogP contribution in [0.3, 0.4) is 0 Å². The summed E-state index contributed by atoms with van der Waals surface area (Å²) in [6.07, 6.45) is 0. The summed E-state index contributed by atoms with van der Waals surface area (Å²) in [5.41, 5.74) is 6.20. The molecule has 0 aliphatic rings. The van der Waals surface area contributed by atoms with Gasteiger partial charge in [0, 0.05) is 11.4 Å². The van der Waals surface area contributed by atoms with E-state index in [1.54, 1.807) is 4.80 Å². The van der Waals surface area contributed by atoms with Crippen molar-refractivity contribution < 1.29 is 0 Å². The highest BCUT2D eigenvalue weighted by molar-refractivity contribution is 5.79. The summed E-state index contributed by atoms with van der Waals surface area (Å²) in [5.74, 6) is 0. The molecule has 1 N–H and O–H groups in total. The predicted octanol–water partition coefficient (Wildman–Crippen LogP) is 5.46. The minimum atomic E-state index is 0.138. The van der Waals surface area contributed by atoms with Crippen LogP contribution >= 0.6 is 0 Å². The monoisotopic (exact) mass is 342 g/mol. The zero-order chi connectivity index (χ0) is 18.1. The van der Waals surface area contributed by atoms with Crippen molar-refractivity contribution in [2.45, 2.75) is 26.2 Å². The average Bonchev–Trinajstić information content (AvgIpc) is 3.05. The van der Waals surface area contributed by atoms with Gasteiger partial charge in [-0.3, -0.25) is 0 Å². The third-order valence-electron chi connectivity index (χ3n) is 4.41. The summed E-state index contributed by atoms with van der Waals surface area (Å²) in [4.78, 5) is 1.70. The second-order valence-electron chi connectivity index (χ2n) is 7.48. The topological polar surface area (TPSA) is 42.7 Å². The Morgan fingerprint density at radius 2 is 1.42 bits per heavy atom. The van der Waals surface area contributed by atoms with E-state index in [2.05, 4.69) is 60.6 Å². The van der Waals surface area contributed by atoms with E-state index in [9.17, 15) is 0 Å². The normalized spacial score (nSPS) is 11.7. The first-order valence-electron chi connectivity index (χ1n) is 8.79. The van der Waals surface area contributed by atoms with Gasteiger partial charge in [0.1, 0.15) is 11.0 Å². The first-order valence-corrected chi connectivity index (χ1v) is 8.79. The molecule has 0 aliphatic carbocycles. The number of rotatable bonds is 3. The Balaban J connectivity index is 1.63. The van der Waals surface area contributed by atoms with Crippen molar-refractivity contribution in [2.24, 2.45) is 0 Å². The van der Waals surface area contributed by atoms with Gasteiger partial charge >= 0.3 is 0 Å². The van der Waals surface area contributed by atoms with Gasteiger partial charge < -0.3 is 5.32 Å². The van der Waals surface area contributed by atoms with E-state index in [1.807, 2.05) is 48.5 Å². The molecule has 4 rings (SSSR count). The lowest BCUT2D eigenvalue weighted by atomic mass is 9.87. The van der Waals surface area contributed by atoms with Crippen molar-refractivity contribution in [3.8, 4) is 5.69 Å². The predicted molar refractivity (Wildman–Crippen MR) is 107 cm³/mol. The fourth-order valence-corrected chi connectivity index (χ4v) is 2.89. The lowest BCUT2D eigenvalue weighted by Crippen LogP contribution is -2.11. The molecule has 0 amide bonds. The quantitative estimate of drug-likeness (QED) is 0.537. The Bertz CT molecular complexity index is 1030. The highest BCUT2D eigenvalue weighted by atomic mass is 15.5. The number of benzene rings is 3. The number of nitrogens with zero attached hydrogens (tertiary/aromatic N) is 3. The maximum atomic E-state index is 4.64. The summed E-state index contributed by atoms with van der Waals surface area (Å²) in [5, 5.41) is 12.6. The summed E-state index contributed by atoms with van der Waals surface area (Å²) < 4.78 is 0. The van der Waals surface area contributed by atoms with Crippen molar-refractivity contribution in [1.29, 1.82) is 0 Å². The van der Waals surface area contributed by atoms with E-state index in [0.29, 0.717) is 0 Å². The summed E-state index contributed by atoms with van der Waals surface area (Å²) >= 11 is 0. The minimum absolute atomic E-state index is 0.138. The second kappa shape index (κ2) is 6.30. The molecule has 4 nitrogen and oxygen atoms in total. The standard InChI is InChI=1S/C22H22N4/c1-22(2,3)16-9-12-19(13-10-16)26-24-20-14-11-18(15-21(20)25-26)23-17-7-5-4-6-8-17/h4-15,23H,1-3H3. The molecule has 0 atom stereocenters. The third-order valence-corrected chi connectivity index (χ3v) is 4.41. The van der Waals surface area contributed by atoms with Crippen LogP contribution in [0, 0.1) is 0 Å². The molecule has 4 heteroatoms. The van der Waals surface area contributed by atoms with Gasteiger partial charge in [-0.1, -0.05) is 51.1 Å². The number of nitrogens with one attached hydrogen (secondary N) is 1. The van der Waals surface area contributed by atoms with Crippen molar-refractivity contribution in [2.75, 3.05) is 5.32 Å². The molecular formula is C22H22N4. The van der Waals surface area contributed by atoms with Gasteiger partial charge in [0.25, 0.3) is 0 Å². The molecule has 0 fully saturated rings. The molecule has 0 unspecified atom stereocenters. The Morgan fingerprint density at radius 3 is 2.12 bits per heavy atom. The van der Waals surface area contributed by atoms with E-state index >= 15 is 0 Å². The fourth-order valence-electron chi connectivity index (χ4n) is 2.89. The van der Waals surface area contributed by atoms with Crippen molar-refractivity contribution in [3.05, 3.63) is 78.4 Å². The molecule has 0 saturated heterocycles. The first-order chi connectivity index (χ1) is 12.5. The van der Waals surface area contributed by atoms with Crippen LogP contribution in [0.15, 0.2) is 72.8 Å². The fraction of sp³-hybridized carbons (Fsp3) is 0.182. The van der Waals surface area contributed by atoms with E-state index < -0.39 is 0 Å². The van der Waals surface area contributed by atoms with Crippen LogP contribution in [0.2, 0.25) is 0 Å². The highest BCUT2D eigenvalue weighted by Crippen LogP contribution is 2.24. The van der Waals surface area contributed by atoms with Crippen LogP contribution in [0.25, 0.3) is 16.7 Å². The Morgan fingerprint density at radius 1 is 0.731 bits per heavy atom. The van der Waals surface area contributed by atoms with Gasteiger partial charge in [0.05, 0.1) is 5.69 Å². The molecular weight excluding hydrogens is 320 g/mol. The number of anilines is 2. The van der Waals surface area contributed by atoms with Crippen LogP contribution in [0.4, 0.5) is 11.4 Å². The number of hydrogen-bond donors (Lipinski definition) is 1. The van der Waals surface area contributed by atoms with Gasteiger partial charge in [-0.2, -0.15) is 4.80 Å². The molecule has 1 heterocycles. The molecule has 130 valence electrons. The number of aromatic nitrogens is 3. The zero-order valence-corrected chi connectivity index (χ0v) is 15.3. The number of hydrogen-bond acceptors (Lipinski definition) is 3. The third kappa shape index (κ3) is 3.31. The van der Waals surface area contributed by atoms with Crippen LogP contribution < -0.4 is 5.32 Å². The Hall–Kier alpha value is -3.14. The Kier molecular flexibility index (Phi) is 3.96. The maximum Gasteiger partial charge on any atom is 0.115 e. The molecule has 0 radical (unpaired) electrons. The van der Waals surface area contributed by atoms with Crippen LogP contribution in [0.5, 0.6) is 0 Å². The lowest BCUT2D eigenvalue weighted by Gasteiger charge is -2.18. The number of para-hydroxylation sites is 1. The highest BCUT2D eigenvalue weighted by Gasteiger charge is 2.13. The van der Waals surface area contributed by atoms with E-state index in [0.717, 1.165) is 28.1 Å². The van der Waals surface area contributed by atoms with Gasteiger partial charge in [-0.25, -0.2) is 0 Å². The van der Waals surface area contributed by atoms with E-state index in [4.69, 9.17) is 0 Å². The largest absolute Gasteiger partial charge is 0.355 e. The molecule has 0 spiro atoms. The molecule has 3 aromatic carbocycles. The van der Waals surface area contributed by atoms with Gasteiger partial charge in [0.2, 0.25) is 0 Å². The summed E-state index contributed by atoms with van der Waals surface area (Å²) in [7, 11) is 0. The molecule has 0 aliphatic heterocycles. The molecule has 1 aromatic heterocycles. The number of fused-ring (bicyclic) bond motifs is 1. The van der Waals surface area contributed by atoms with Crippen LogP contribution in [0.1, 0.15) is 26.3 Å². The minimum Gasteiger partial charge on any atom is -0.355 e. The Labute approximate surface area is 153 Å². The van der Waals surface area contributed by atoms with Gasteiger partial charge in [-0.05, 0) is 53.4 Å². The zero-order valence-electron chi connectivity index (χ0n) is 15.3. The molecule has 4 aromatic rings. The van der Waals surface area contributed by atoms with Gasteiger partial charge in [-0.15, -0.1) is 10.2 Å². The lowest BCUT2D eigenvalue weighted by molar-refractivity contribution is 0.589. The smallest absolute Gasteiger partial charge is 0.115 e. The van der Waals surface area contributed by atoms with Crippen molar-refractivity contribution >= 4 is 22.4 Å². The van der Waals surface area contributed by atoms with E-state index in [1.165, 1.54) is 5.56 Å². The summed E-state index contributed by atoms with van der Waals surface area (Å²) in [6.45, 7) is 6.64. The molecule has 0 saturated carbocycles. The SMILES string of the molecule is CC(C)(C)c1ccc(-n2nc3ccc(Nc4ccccc4)cc3n2)cc1. The van der Waals surface area contributed by atoms with Crippen molar-refractivity contribution in [3.63, 3.8) is 0 Å². The van der Waals surface area contributed by atoms with Gasteiger partial charge in [0.15, 0.2) is 0 Å². The first kappa shape index (κ1) is 16.3. The van der Waals surface area contributed by atoms with E-state index in [-0.39, 0.29) is 5.41 Å². The van der Waals surface area contributed by atoms with Crippen molar-refractivity contribution in [1.82, 2.24) is 15.0 Å². The summed E-state index contributed by atoms with van der Waals surface area (Å²) in [6, 6.07) is 24.6. The maximum absolute atomic E-state index is 4.64. The van der Waals surface area contributed by atoms with Crippen LogP contribution in [-0.2, 0) is 5.41 Å². The average molecular weight is 342 g/mol. The molecule has 26 heavy (non-hydrogen) atoms. The van der Waals surface area contributed by atoms with Crippen LogP contribution in [-0.4, -0.2) is 15.0 Å².